The third-order valence-corrected chi connectivity index (χ3v) is 3.84. The Morgan fingerprint density at radius 3 is 2.41 bits per heavy atom. The number of rotatable bonds is 3. The minimum atomic E-state index is -1.44. The van der Waals surface area contributed by atoms with Crippen molar-refractivity contribution in [3.8, 4) is 5.75 Å². The number of fused-ring (bicyclic) bond motifs is 1. The van der Waals surface area contributed by atoms with Gasteiger partial charge in [-0.05, 0) is 22.9 Å². The van der Waals surface area contributed by atoms with Gasteiger partial charge in [0.1, 0.15) is 24.1 Å². The van der Waals surface area contributed by atoms with Gasteiger partial charge in [0.15, 0.2) is 12.4 Å². The Hall–Kier alpha value is -1.70. The summed E-state index contributed by atoms with van der Waals surface area (Å²) in [6.45, 7) is -0.502. The highest BCUT2D eigenvalue weighted by Gasteiger charge is 2.45. The average molecular weight is 306 g/mol. The normalized spacial score (nSPS) is 32.1. The molecule has 6 nitrogen and oxygen atoms in total. The third-order valence-electron chi connectivity index (χ3n) is 3.84. The zero-order valence-corrected chi connectivity index (χ0v) is 11.7. The standard InChI is InChI=1S/C16H18O6/c17-8-12-13(18)14(19)15(16(20)22-12)21-11-6-5-9-3-1-2-4-10(9)7-11/h1-7,12-20H,8H2/t12-,13-,14+,15-,16+/m1/s1. The molecule has 1 aliphatic rings. The van der Waals surface area contributed by atoms with Gasteiger partial charge in [-0.1, -0.05) is 30.3 Å². The lowest BCUT2D eigenvalue weighted by atomic mass is 9.99. The summed E-state index contributed by atoms with van der Waals surface area (Å²) in [7, 11) is 0. The van der Waals surface area contributed by atoms with Gasteiger partial charge in [0.05, 0.1) is 6.61 Å². The summed E-state index contributed by atoms with van der Waals surface area (Å²) >= 11 is 0. The van der Waals surface area contributed by atoms with Crippen molar-refractivity contribution in [1.29, 1.82) is 0 Å². The van der Waals surface area contributed by atoms with Crippen LogP contribution in [0, 0.1) is 0 Å². The molecule has 2 aromatic rings. The molecular formula is C16H18O6. The van der Waals surface area contributed by atoms with Crippen molar-refractivity contribution in [3.63, 3.8) is 0 Å². The molecule has 22 heavy (non-hydrogen) atoms. The molecule has 0 radical (unpaired) electrons. The first kappa shape index (κ1) is 15.2. The molecule has 1 saturated heterocycles. The summed E-state index contributed by atoms with van der Waals surface area (Å²) in [4.78, 5) is 0. The Bertz CT molecular complexity index is 645. The van der Waals surface area contributed by atoms with Gasteiger partial charge >= 0.3 is 0 Å². The second-order valence-electron chi connectivity index (χ2n) is 5.32. The van der Waals surface area contributed by atoms with E-state index in [2.05, 4.69) is 0 Å². The molecule has 5 atom stereocenters. The zero-order chi connectivity index (χ0) is 15.7. The van der Waals surface area contributed by atoms with Crippen LogP contribution in [0.4, 0.5) is 0 Å². The fraction of sp³-hybridized carbons (Fsp3) is 0.375. The van der Waals surface area contributed by atoms with Crippen LogP contribution in [0.15, 0.2) is 42.5 Å². The van der Waals surface area contributed by atoms with Gasteiger partial charge in [0, 0.05) is 0 Å². The summed E-state index contributed by atoms with van der Waals surface area (Å²) < 4.78 is 10.6. The van der Waals surface area contributed by atoms with Crippen LogP contribution < -0.4 is 4.74 Å². The minimum absolute atomic E-state index is 0.444. The molecule has 0 bridgehead atoms. The summed E-state index contributed by atoms with van der Waals surface area (Å²) in [6, 6.07) is 13.1. The molecule has 1 heterocycles. The zero-order valence-electron chi connectivity index (χ0n) is 11.7. The largest absolute Gasteiger partial charge is 0.482 e. The van der Waals surface area contributed by atoms with Crippen LogP contribution >= 0.6 is 0 Å². The van der Waals surface area contributed by atoms with Crippen molar-refractivity contribution in [2.45, 2.75) is 30.7 Å². The molecule has 0 unspecified atom stereocenters. The molecule has 6 heteroatoms. The number of aliphatic hydroxyl groups is 4. The predicted molar refractivity (Wildman–Crippen MR) is 78.3 cm³/mol. The maximum absolute atomic E-state index is 10.1. The van der Waals surface area contributed by atoms with Gasteiger partial charge < -0.3 is 29.9 Å². The van der Waals surface area contributed by atoms with E-state index in [9.17, 15) is 15.3 Å². The molecule has 3 rings (SSSR count). The molecule has 1 aliphatic heterocycles. The van der Waals surface area contributed by atoms with Crippen LogP contribution in [0.5, 0.6) is 5.75 Å². The van der Waals surface area contributed by atoms with Crippen molar-refractivity contribution in [2.24, 2.45) is 0 Å². The van der Waals surface area contributed by atoms with E-state index in [0.29, 0.717) is 5.75 Å². The lowest BCUT2D eigenvalue weighted by Crippen LogP contribution is -2.60. The number of benzene rings is 2. The molecule has 2 aromatic carbocycles. The number of ether oxygens (including phenoxy) is 2. The maximum atomic E-state index is 10.1. The van der Waals surface area contributed by atoms with E-state index >= 15 is 0 Å². The highest BCUT2D eigenvalue weighted by molar-refractivity contribution is 5.83. The summed E-state index contributed by atoms with van der Waals surface area (Å²) in [5.74, 6) is 0.444. The van der Waals surface area contributed by atoms with E-state index in [1.807, 2.05) is 30.3 Å². The van der Waals surface area contributed by atoms with Gasteiger partial charge in [0.25, 0.3) is 0 Å². The monoisotopic (exact) mass is 306 g/mol. The average Bonchev–Trinajstić information content (AvgIpc) is 2.54. The van der Waals surface area contributed by atoms with Crippen molar-refractivity contribution in [1.82, 2.24) is 0 Å². The van der Waals surface area contributed by atoms with E-state index < -0.39 is 37.3 Å². The Labute approximate surface area is 127 Å². The lowest BCUT2D eigenvalue weighted by molar-refractivity contribution is -0.280. The van der Waals surface area contributed by atoms with Crippen LogP contribution in [-0.4, -0.2) is 57.7 Å². The molecule has 0 aromatic heterocycles. The second-order valence-corrected chi connectivity index (χ2v) is 5.32. The Morgan fingerprint density at radius 1 is 0.955 bits per heavy atom. The van der Waals surface area contributed by atoms with Gasteiger partial charge in [0.2, 0.25) is 0 Å². The van der Waals surface area contributed by atoms with E-state index in [1.54, 1.807) is 12.1 Å². The second kappa shape index (κ2) is 6.20. The molecule has 0 aliphatic carbocycles. The molecule has 0 spiro atoms. The molecule has 0 saturated carbocycles. The first-order chi connectivity index (χ1) is 10.6. The molecular weight excluding hydrogens is 288 g/mol. The van der Waals surface area contributed by atoms with Gasteiger partial charge in [-0.3, -0.25) is 0 Å². The Morgan fingerprint density at radius 2 is 1.68 bits per heavy atom. The number of hydrogen-bond acceptors (Lipinski definition) is 6. The van der Waals surface area contributed by atoms with Gasteiger partial charge in [-0.25, -0.2) is 0 Å². The fourth-order valence-electron chi connectivity index (χ4n) is 2.60. The highest BCUT2D eigenvalue weighted by Crippen LogP contribution is 2.26. The highest BCUT2D eigenvalue weighted by atomic mass is 16.7. The third kappa shape index (κ3) is 2.79. The van der Waals surface area contributed by atoms with Crippen molar-refractivity contribution < 1.29 is 29.9 Å². The van der Waals surface area contributed by atoms with Crippen LogP contribution in [-0.2, 0) is 4.74 Å². The number of aliphatic hydroxyl groups excluding tert-OH is 4. The fourth-order valence-corrected chi connectivity index (χ4v) is 2.60. The Kier molecular flexibility index (Phi) is 4.28. The van der Waals surface area contributed by atoms with E-state index in [1.165, 1.54) is 0 Å². The minimum Gasteiger partial charge on any atom is -0.482 e. The van der Waals surface area contributed by atoms with Crippen LogP contribution in [0.25, 0.3) is 10.8 Å². The SMILES string of the molecule is OC[C@H]1O[C@H](O)[C@H](Oc2ccc3ccccc3c2)[C@@H](O)[C@@H]1O. The van der Waals surface area contributed by atoms with Gasteiger partial charge in [-0.2, -0.15) is 0 Å². The van der Waals surface area contributed by atoms with Crippen molar-refractivity contribution in [3.05, 3.63) is 42.5 Å². The first-order valence-corrected chi connectivity index (χ1v) is 7.06. The van der Waals surface area contributed by atoms with Crippen LogP contribution in [0.1, 0.15) is 0 Å². The first-order valence-electron chi connectivity index (χ1n) is 7.06. The molecule has 1 fully saturated rings. The summed E-state index contributed by atoms with van der Waals surface area (Å²) in [5, 5.41) is 40.8. The maximum Gasteiger partial charge on any atom is 0.195 e. The van der Waals surface area contributed by atoms with E-state index in [-0.39, 0.29) is 0 Å². The topological polar surface area (TPSA) is 99.4 Å². The quantitative estimate of drug-likeness (QED) is 0.638. The van der Waals surface area contributed by atoms with Crippen molar-refractivity contribution >= 4 is 10.8 Å². The van der Waals surface area contributed by atoms with Gasteiger partial charge in [-0.15, -0.1) is 0 Å². The number of hydrogen-bond donors (Lipinski definition) is 4. The van der Waals surface area contributed by atoms with Crippen LogP contribution in [0.2, 0.25) is 0 Å². The van der Waals surface area contributed by atoms with Crippen LogP contribution in [0.3, 0.4) is 0 Å². The smallest absolute Gasteiger partial charge is 0.195 e. The van der Waals surface area contributed by atoms with E-state index in [0.717, 1.165) is 10.8 Å². The summed E-state index contributed by atoms with van der Waals surface area (Å²) in [5.41, 5.74) is 0. The predicted octanol–water partition coefficient (Wildman–Crippen LogP) is 0.0185. The Balaban J connectivity index is 1.81. The molecule has 4 N–H and O–H groups in total. The van der Waals surface area contributed by atoms with Crippen molar-refractivity contribution in [2.75, 3.05) is 6.61 Å². The molecule has 0 amide bonds. The van der Waals surface area contributed by atoms with E-state index in [4.69, 9.17) is 14.6 Å². The lowest BCUT2D eigenvalue weighted by Gasteiger charge is -2.39. The summed E-state index contributed by atoms with van der Waals surface area (Å²) in [6.07, 6.45) is -6.33. The molecule has 118 valence electrons.